The predicted molar refractivity (Wildman–Crippen MR) is 75.2 cm³/mol. The van der Waals surface area contributed by atoms with Crippen molar-refractivity contribution in [2.24, 2.45) is 0 Å². The Morgan fingerprint density at radius 1 is 1.22 bits per heavy atom. The molecule has 1 atom stereocenters. The first-order valence-corrected chi connectivity index (χ1v) is 8.56. The lowest BCUT2D eigenvalue weighted by molar-refractivity contribution is 0.175. The third-order valence-electron chi connectivity index (χ3n) is 3.45. The summed E-state index contributed by atoms with van der Waals surface area (Å²) in [6.07, 6.45) is 4.43. The van der Waals surface area contributed by atoms with Crippen LogP contribution in [0.4, 0.5) is 0 Å². The Morgan fingerprint density at radius 2 is 1.89 bits per heavy atom. The van der Waals surface area contributed by atoms with Gasteiger partial charge in [-0.25, -0.2) is 13.1 Å². The molecule has 0 aliphatic carbocycles. The van der Waals surface area contributed by atoms with Crippen LogP contribution < -0.4 is 10.0 Å². The fourth-order valence-electron chi connectivity index (χ4n) is 2.25. The Labute approximate surface area is 111 Å². The summed E-state index contributed by atoms with van der Waals surface area (Å²) in [6, 6.07) is 0.296. The summed E-state index contributed by atoms with van der Waals surface area (Å²) in [6.45, 7) is 5.57. The van der Waals surface area contributed by atoms with E-state index in [9.17, 15) is 8.42 Å². The molecule has 0 aromatic carbocycles. The van der Waals surface area contributed by atoms with Crippen LogP contribution in [0, 0.1) is 0 Å². The molecule has 1 unspecified atom stereocenters. The van der Waals surface area contributed by atoms with E-state index in [1.54, 1.807) is 0 Å². The number of piperidine rings is 1. The fourth-order valence-corrected chi connectivity index (χ4v) is 3.41. The van der Waals surface area contributed by atoms with Crippen LogP contribution in [-0.4, -0.2) is 58.3 Å². The summed E-state index contributed by atoms with van der Waals surface area (Å²) in [5.41, 5.74) is 0. The molecule has 0 amide bonds. The summed E-state index contributed by atoms with van der Waals surface area (Å²) in [4.78, 5) is 2.37. The van der Waals surface area contributed by atoms with Gasteiger partial charge in [0.25, 0.3) is 0 Å². The van der Waals surface area contributed by atoms with Gasteiger partial charge in [0, 0.05) is 12.6 Å². The fraction of sp³-hybridized carbons (Fsp3) is 1.00. The average Bonchev–Trinajstić information content (AvgIpc) is 2.37. The first-order valence-electron chi connectivity index (χ1n) is 6.91. The normalized spacial score (nSPS) is 19.9. The zero-order chi connectivity index (χ0) is 13.4. The second-order valence-corrected chi connectivity index (χ2v) is 7.00. The van der Waals surface area contributed by atoms with E-state index in [1.165, 1.54) is 19.3 Å². The molecule has 5 nitrogen and oxygen atoms in total. The molecule has 2 N–H and O–H groups in total. The van der Waals surface area contributed by atoms with Gasteiger partial charge in [-0.15, -0.1) is 0 Å². The minimum absolute atomic E-state index is 0.209. The van der Waals surface area contributed by atoms with E-state index in [4.69, 9.17) is 0 Å². The highest BCUT2D eigenvalue weighted by molar-refractivity contribution is 7.89. The monoisotopic (exact) mass is 277 g/mol. The Kier molecular flexibility index (Phi) is 7.14. The molecule has 1 aliphatic heterocycles. The summed E-state index contributed by atoms with van der Waals surface area (Å²) < 4.78 is 26.2. The minimum Gasteiger partial charge on any atom is -0.320 e. The van der Waals surface area contributed by atoms with Crippen molar-refractivity contribution in [3.8, 4) is 0 Å². The smallest absolute Gasteiger partial charge is 0.211 e. The number of hydrogen-bond acceptors (Lipinski definition) is 4. The van der Waals surface area contributed by atoms with E-state index >= 15 is 0 Å². The number of nitrogens with zero attached hydrogens (tertiary/aromatic N) is 1. The first-order chi connectivity index (χ1) is 8.55. The van der Waals surface area contributed by atoms with Crippen LogP contribution in [0.15, 0.2) is 0 Å². The highest BCUT2D eigenvalue weighted by atomic mass is 32.2. The molecular weight excluding hydrogens is 250 g/mol. The molecule has 0 bridgehead atoms. The quantitative estimate of drug-likeness (QED) is 0.630. The molecule has 1 fully saturated rings. The van der Waals surface area contributed by atoms with Crippen LogP contribution in [0.25, 0.3) is 0 Å². The van der Waals surface area contributed by atoms with Crippen LogP contribution in [0.1, 0.15) is 32.6 Å². The molecule has 108 valence electrons. The summed E-state index contributed by atoms with van der Waals surface area (Å²) >= 11 is 0. The Bertz CT molecular complexity index is 313. The molecule has 0 aromatic rings. The zero-order valence-electron chi connectivity index (χ0n) is 11.6. The molecule has 1 saturated heterocycles. The van der Waals surface area contributed by atoms with E-state index in [0.717, 1.165) is 19.6 Å². The lowest BCUT2D eigenvalue weighted by atomic mass is 10.1. The SMILES string of the molecule is CNCCCS(=O)(=O)NCC(C)N1CCCCC1. The van der Waals surface area contributed by atoms with Gasteiger partial charge in [0.15, 0.2) is 0 Å². The van der Waals surface area contributed by atoms with E-state index in [1.807, 2.05) is 7.05 Å². The second kappa shape index (κ2) is 8.09. The maximum Gasteiger partial charge on any atom is 0.211 e. The van der Waals surface area contributed by atoms with Gasteiger partial charge in [-0.1, -0.05) is 6.42 Å². The predicted octanol–water partition coefficient (Wildman–Crippen LogP) is 0.390. The molecule has 18 heavy (non-hydrogen) atoms. The van der Waals surface area contributed by atoms with Gasteiger partial charge in [0.2, 0.25) is 10.0 Å². The van der Waals surface area contributed by atoms with Crippen LogP contribution in [-0.2, 0) is 10.0 Å². The number of hydrogen-bond donors (Lipinski definition) is 2. The summed E-state index contributed by atoms with van der Waals surface area (Å²) in [7, 11) is -1.27. The average molecular weight is 277 g/mol. The molecule has 1 heterocycles. The van der Waals surface area contributed by atoms with Crippen molar-refractivity contribution in [1.29, 1.82) is 0 Å². The van der Waals surface area contributed by atoms with Crippen molar-refractivity contribution in [3.05, 3.63) is 0 Å². The molecular formula is C12H27N3O2S. The van der Waals surface area contributed by atoms with Gasteiger partial charge in [0.05, 0.1) is 5.75 Å². The van der Waals surface area contributed by atoms with Gasteiger partial charge in [-0.3, -0.25) is 4.90 Å². The van der Waals surface area contributed by atoms with Gasteiger partial charge in [-0.05, 0) is 52.9 Å². The lowest BCUT2D eigenvalue weighted by Gasteiger charge is -2.32. The van der Waals surface area contributed by atoms with E-state index in [-0.39, 0.29) is 5.75 Å². The number of likely N-dealkylation sites (tertiary alicyclic amines) is 1. The van der Waals surface area contributed by atoms with Crippen LogP contribution in [0.5, 0.6) is 0 Å². The molecule has 6 heteroatoms. The zero-order valence-corrected chi connectivity index (χ0v) is 12.4. The summed E-state index contributed by atoms with van der Waals surface area (Å²) in [5, 5.41) is 2.96. The Hall–Kier alpha value is -0.170. The van der Waals surface area contributed by atoms with E-state index in [0.29, 0.717) is 19.0 Å². The molecule has 1 aliphatic rings. The third-order valence-corrected chi connectivity index (χ3v) is 4.89. The highest BCUT2D eigenvalue weighted by Gasteiger charge is 2.18. The summed E-state index contributed by atoms with van der Waals surface area (Å²) in [5.74, 6) is 0.209. The molecule has 0 spiro atoms. The standard InChI is InChI=1S/C12H27N3O2S/c1-12(15-8-4-3-5-9-15)11-14-18(16,17)10-6-7-13-2/h12-14H,3-11H2,1-2H3. The van der Waals surface area contributed by atoms with Crippen molar-refractivity contribution >= 4 is 10.0 Å². The first kappa shape index (κ1) is 15.9. The van der Waals surface area contributed by atoms with Crippen LogP contribution in [0.3, 0.4) is 0 Å². The van der Waals surface area contributed by atoms with Crippen molar-refractivity contribution in [1.82, 2.24) is 14.9 Å². The molecule has 0 radical (unpaired) electrons. The molecule has 1 rings (SSSR count). The van der Waals surface area contributed by atoms with Crippen LogP contribution in [0.2, 0.25) is 0 Å². The van der Waals surface area contributed by atoms with Gasteiger partial charge in [0.1, 0.15) is 0 Å². The van der Waals surface area contributed by atoms with E-state index < -0.39 is 10.0 Å². The van der Waals surface area contributed by atoms with Crippen LogP contribution >= 0.6 is 0 Å². The Balaban J connectivity index is 2.25. The highest BCUT2D eigenvalue weighted by Crippen LogP contribution is 2.11. The topological polar surface area (TPSA) is 61.4 Å². The molecule has 0 saturated carbocycles. The largest absolute Gasteiger partial charge is 0.320 e. The number of sulfonamides is 1. The maximum absolute atomic E-state index is 11.7. The van der Waals surface area contributed by atoms with E-state index in [2.05, 4.69) is 21.9 Å². The third kappa shape index (κ3) is 6.13. The van der Waals surface area contributed by atoms with Gasteiger partial charge < -0.3 is 5.32 Å². The van der Waals surface area contributed by atoms with Crippen molar-refractivity contribution in [2.75, 3.05) is 39.0 Å². The van der Waals surface area contributed by atoms with Crippen molar-refractivity contribution < 1.29 is 8.42 Å². The Morgan fingerprint density at radius 3 is 2.50 bits per heavy atom. The number of nitrogens with one attached hydrogen (secondary N) is 2. The minimum atomic E-state index is -3.10. The molecule has 0 aromatic heterocycles. The van der Waals surface area contributed by atoms with Gasteiger partial charge >= 0.3 is 0 Å². The van der Waals surface area contributed by atoms with Gasteiger partial charge in [-0.2, -0.15) is 0 Å². The number of rotatable bonds is 8. The van der Waals surface area contributed by atoms with Crippen molar-refractivity contribution in [2.45, 2.75) is 38.6 Å². The van der Waals surface area contributed by atoms with Crippen molar-refractivity contribution in [3.63, 3.8) is 0 Å². The lowest BCUT2D eigenvalue weighted by Crippen LogP contribution is -2.44. The maximum atomic E-state index is 11.7. The second-order valence-electron chi connectivity index (χ2n) is 5.07.